The van der Waals surface area contributed by atoms with E-state index in [0.717, 1.165) is 42.0 Å². The molecule has 0 radical (unpaired) electrons. The Kier molecular flexibility index (Phi) is 7.73. The van der Waals surface area contributed by atoms with Crippen LogP contribution in [-0.2, 0) is 0 Å². The molecule has 150 valence electrons. The third-order valence-electron chi connectivity index (χ3n) is 5.18. The summed E-state index contributed by atoms with van der Waals surface area (Å²) >= 11 is 0. The normalized spacial score (nSPS) is 14.5. The molecule has 5 nitrogen and oxygen atoms in total. The molecule has 0 aromatic heterocycles. The smallest absolute Gasteiger partial charge is 0.319 e. The van der Waals surface area contributed by atoms with E-state index in [1.807, 2.05) is 48.5 Å². The molecule has 5 heteroatoms. The SMILES string of the molecule is COc1cccc(-c2ccc(NC(=O)NCCCCN3CCCCC3)cc2)c1. The number of amides is 2. The summed E-state index contributed by atoms with van der Waals surface area (Å²) in [4.78, 5) is 14.6. The highest BCUT2D eigenvalue weighted by molar-refractivity contribution is 5.89. The predicted octanol–water partition coefficient (Wildman–Crippen LogP) is 4.75. The van der Waals surface area contributed by atoms with Crippen molar-refractivity contribution in [2.45, 2.75) is 32.1 Å². The van der Waals surface area contributed by atoms with Crippen molar-refractivity contribution in [2.75, 3.05) is 38.6 Å². The zero-order valence-electron chi connectivity index (χ0n) is 16.7. The first kappa shape index (κ1) is 20.2. The van der Waals surface area contributed by atoms with E-state index < -0.39 is 0 Å². The summed E-state index contributed by atoms with van der Waals surface area (Å²) in [6.45, 7) is 4.33. The topological polar surface area (TPSA) is 53.6 Å². The van der Waals surface area contributed by atoms with Crippen molar-refractivity contribution in [3.8, 4) is 16.9 Å². The lowest BCUT2D eigenvalue weighted by molar-refractivity contribution is 0.224. The van der Waals surface area contributed by atoms with Gasteiger partial charge in [0.25, 0.3) is 0 Å². The first-order valence-corrected chi connectivity index (χ1v) is 10.3. The second kappa shape index (κ2) is 10.7. The second-order valence-electron chi connectivity index (χ2n) is 7.30. The van der Waals surface area contributed by atoms with Crippen molar-refractivity contribution in [3.63, 3.8) is 0 Å². The average Bonchev–Trinajstić information content (AvgIpc) is 2.75. The Labute approximate surface area is 168 Å². The van der Waals surface area contributed by atoms with Crippen LogP contribution in [0.3, 0.4) is 0 Å². The van der Waals surface area contributed by atoms with E-state index in [1.54, 1.807) is 7.11 Å². The summed E-state index contributed by atoms with van der Waals surface area (Å²) in [5, 5.41) is 5.84. The van der Waals surface area contributed by atoms with E-state index in [1.165, 1.54) is 32.4 Å². The monoisotopic (exact) mass is 381 g/mol. The zero-order valence-corrected chi connectivity index (χ0v) is 16.7. The third-order valence-corrected chi connectivity index (χ3v) is 5.18. The zero-order chi connectivity index (χ0) is 19.6. The standard InChI is InChI=1S/C23H31N3O2/c1-28-22-9-7-8-20(18-22)19-10-12-21(13-11-19)25-23(27)24-14-3-6-17-26-15-4-2-5-16-26/h7-13,18H,2-6,14-17H2,1H3,(H2,24,25,27). The summed E-state index contributed by atoms with van der Waals surface area (Å²) in [5.74, 6) is 0.833. The Morgan fingerprint density at radius 2 is 1.79 bits per heavy atom. The summed E-state index contributed by atoms with van der Waals surface area (Å²) in [7, 11) is 1.67. The Bertz CT molecular complexity index is 740. The molecule has 28 heavy (non-hydrogen) atoms. The lowest BCUT2D eigenvalue weighted by atomic mass is 10.1. The Hall–Kier alpha value is -2.53. The fraction of sp³-hybridized carbons (Fsp3) is 0.435. The molecule has 3 rings (SSSR count). The molecule has 0 unspecified atom stereocenters. The van der Waals surface area contributed by atoms with E-state index >= 15 is 0 Å². The summed E-state index contributed by atoms with van der Waals surface area (Å²) < 4.78 is 5.27. The molecular formula is C23H31N3O2. The highest BCUT2D eigenvalue weighted by Gasteiger charge is 2.09. The molecule has 1 aliphatic rings. The first-order chi connectivity index (χ1) is 13.7. The van der Waals surface area contributed by atoms with Crippen molar-refractivity contribution in [1.82, 2.24) is 10.2 Å². The highest BCUT2D eigenvalue weighted by Crippen LogP contribution is 2.25. The molecule has 1 fully saturated rings. The van der Waals surface area contributed by atoms with Crippen molar-refractivity contribution in [2.24, 2.45) is 0 Å². The van der Waals surface area contributed by atoms with Crippen LogP contribution in [0.15, 0.2) is 48.5 Å². The van der Waals surface area contributed by atoms with E-state index in [-0.39, 0.29) is 6.03 Å². The molecule has 2 N–H and O–H groups in total. The van der Waals surface area contributed by atoms with Crippen LogP contribution in [0.5, 0.6) is 5.75 Å². The van der Waals surface area contributed by atoms with Gasteiger partial charge in [0.2, 0.25) is 0 Å². The maximum absolute atomic E-state index is 12.1. The van der Waals surface area contributed by atoms with Crippen LogP contribution in [0.1, 0.15) is 32.1 Å². The van der Waals surface area contributed by atoms with E-state index in [0.29, 0.717) is 6.54 Å². The van der Waals surface area contributed by atoms with Crippen molar-refractivity contribution >= 4 is 11.7 Å². The molecule has 0 aliphatic carbocycles. The summed E-state index contributed by atoms with van der Waals surface area (Å²) in [6.07, 6.45) is 6.18. The molecule has 0 spiro atoms. The number of anilines is 1. The largest absolute Gasteiger partial charge is 0.497 e. The van der Waals surface area contributed by atoms with E-state index in [4.69, 9.17) is 4.74 Å². The number of rotatable bonds is 8. The molecule has 1 aliphatic heterocycles. The number of urea groups is 1. The lowest BCUT2D eigenvalue weighted by Crippen LogP contribution is -2.32. The van der Waals surface area contributed by atoms with Gasteiger partial charge in [-0.2, -0.15) is 0 Å². The predicted molar refractivity (Wildman–Crippen MR) is 115 cm³/mol. The molecule has 1 saturated heterocycles. The van der Waals surface area contributed by atoms with Crippen molar-refractivity contribution in [3.05, 3.63) is 48.5 Å². The molecule has 2 aromatic carbocycles. The van der Waals surface area contributed by atoms with Crippen LogP contribution < -0.4 is 15.4 Å². The van der Waals surface area contributed by atoms with Crippen LogP contribution in [-0.4, -0.2) is 44.2 Å². The second-order valence-corrected chi connectivity index (χ2v) is 7.30. The van der Waals surface area contributed by atoms with Crippen LogP contribution in [0, 0.1) is 0 Å². The van der Waals surface area contributed by atoms with Crippen LogP contribution in [0.25, 0.3) is 11.1 Å². The maximum Gasteiger partial charge on any atom is 0.319 e. The minimum Gasteiger partial charge on any atom is -0.497 e. The van der Waals surface area contributed by atoms with Gasteiger partial charge in [-0.05, 0) is 80.7 Å². The van der Waals surface area contributed by atoms with Gasteiger partial charge < -0.3 is 20.3 Å². The summed E-state index contributed by atoms with van der Waals surface area (Å²) in [6, 6.07) is 15.6. The van der Waals surface area contributed by atoms with Crippen LogP contribution >= 0.6 is 0 Å². The molecule has 2 amide bonds. The molecular weight excluding hydrogens is 350 g/mol. The van der Waals surface area contributed by atoms with Crippen LogP contribution in [0.2, 0.25) is 0 Å². The van der Waals surface area contributed by atoms with Gasteiger partial charge in [0.15, 0.2) is 0 Å². The number of likely N-dealkylation sites (tertiary alicyclic amines) is 1. The van der Waals surface area contributed by atoms with E-state index in [9.17, 15) is 4.79 Å². The highest BCUT2D eigenvalue weighted by atomic mass is 16.5. The van der Waals surface area contributed by atoms with Gasteiger partial charge in [-0.25, -0.2) is 4.79 Å². The minimum atomic E-state index is -0.146. The number of piperidine rings is 1. The molecule has 0 atom stereocenters. The average molecular weight is 382 g/mol. The Balaban J connectivity index is 1.38. The number of hydrogen-bond acceptors (Lipinski definition) is 3. The van der Waals surface area contributed by atoms with Gasteiger partial charge in [0.1, 0.15) is 5.75 Å². The van der Waals surface area contributed by atoms with Gasteiger partial charge in [0, 0.05) is 12.2 Å². The number of benzene rings is 2. The van der Waals surface area contributed by atoms with Gasteiger partial charge >= 0.3 is 6.03 Å². The van der Waals surface area contributed by atoms with Gasteiger partial charge in [0.05, 0.1) is 7.11 Å². The minimum absolute atomic E-state index is 0.146. The summed E-state index contributed by atoms with van der Waals surface area (Å²) in [5.41, 5.74) is 2.96. The van der Waals surface area contributed by atoms with Gasteiger partial charge in [-0.15, -0.1) is 0 Å². The number of carbonyl (C=O) groups excluding carboxylic acids is 1. The number of methoxy groups -OCH3 is 1. The number of ether oxygens (including phenoxy) is 1. The first-order valence-electron chi connectivity index (χ1n) is 10.3. The van der Waals surface area contributed by atoms with Gasteiger partial charge in [-0.3, -0.25) is 0 Å². The number of hydrogen-bond donors (Lipinski definition) is 2. The number of unbranched alkanes of at least 4 members (excludes halogenated alkanes) is 1. The third kappa shape index (κ3) is 6.27. The quantitative estimate of drug-likeness (QED) is 0.649. The van der Waals surface area contributed by atoms with Crippen molar-refractivity contribution in [1.29, 1.82) is 0 Å². The fourth-order valence-electron chi connectivity index (χ4n) is 3.57. The lowest BCUT2D eigenvalue weighted by Gasteiger charge is -2.26. The Morgan fingerprint density at radius 3 is 2.54 bits per heavy atom. The molecule has 1 heterocycles. The van der Waals surface area contributed by atoms with E-state index in [2.05, 4.69) is 15.5 Å². The molecule has 0 bridgehead atoms. The van der Waals surface area contributed by atoms with Crippen molar-refractivity contribution < 1.29 is 9.53 Å². The van der Waals surface area contributed by atoms with Crippen LogP contribution in [0.4, 0.5) is 10.5 Å². The molecule has 2 aromatic rings. The number of nitrogens with one attached hydrogen (secondary N) is 2. The number of carbonyl (C=O) groups is 1. The molecule has 0 saturated carbocycles. The fourth-order valence-corrected chi connectivity index (χ4v) is 3.57. The van der Waals surface area contributed by atoms with Gasteiger partial charge in [-0.1, -0.05) is 30.7 Å². The maximum atomic E-state index is 12.1. The Morgan fingerprint density at radius 1 is 1.00 bits per heavy atom. The number of nitrogens with zero attached hydrogens (tertiary/aromatic N) is 1.